The van der Waals surface area contributed by atoms with E-state index in [0.29, 0.717) is 53.9 Å². The molecule has 4 rings (SSSR count). The van der Waals surface area contributed by atoms with Crippen LogP contribution < -0.4 is 15.0 Å². The maximum atomic E-state index is 13.3. The van der Waals surface area contributed by atoms with Gasteiger partial charge in [-0.2, -0.15) is 18.2 Å². The van der Waals surface area contributed by atoms with Gasteiger partial charge in [-0.25, -0.2) is 9.97 Å². The molecule has 0 saturated carbocycles. The summed E-state index contributed by atoms with van der Waals surface area (Å²) >= 11 is 0. The summed E-state index contributed by atoms with van der Waals surface area (Å²) in [7, 11) is 1.56. The summed E-state index contributed by atoms with van der Waals surface area (Å²) in [5.41, 5.74) is 0.987. The van der Waals surface area contributed by atoms with E-state index < -0.39 is 11.9 Å². The molecular weight excluding hydrogens is 437 g/mol. The Labute approximate surface area is 189 Å². The SMILES string of the molecule is COc1cc2c(CNCc3cccnc3C(F)(F)F)nc(N3CCOCC3C)nc2nc1C. The molecule has 0 radical (unpaired) electrons. The average Bonchev–Trinajstić information content (AvgIpc) is 2.78. The van der Waals surface area contributed by atoms with E-state index in [-0.39, 0.29) is 24.7 Å². The van der Waals surface area contributed by atoms with Crippen molar-refractivity contribution in [2.24, 2.45) is 0 Å². The number of fused-ring (bicyclic) bond motifs is 1. The Balaban J connectivity index is 1.67. The zero-order valence-electron chi connectivity index (χ0n) is 18.6. The monoisotopic (exact) mass is 462 g/mol. The first kappa shape index (κ1) is 23.1. The van der Waals surface area contributed by atoms with Crippen molar-refractivity contribution in [2.75, 3.05) is 31.8 Å². The first-order valence-electron chi connectivity index (χ1n) is 10.6. The molecule has 176 valence electrons. The van der Waals surface area contributed by atoms with E-state index in [1.807, 2.05) is 19.9 Å². The van der Waals surface area contributed by atoms with Crippen LogP contribution in [-0.4, -0.2) is 52.8 Å². The van der Waals surface area contributed by atoms with Gasteiger partial charge in [-0.05, 0) is 31.5 Å². The second-order valence-corrected chi connectivity index (χ2v) is 7.85. The van der Waals surface area contributed by atoms with Crippen molar-refractivity contribution in [3.05, 3.63) is 47.0 Å². The number of methoxy groups -OCH3 is 1. The number of ether oxygens (including phenoxy) is 2. The molecule has 0 aromatic carbocycles. The number of nitrogens with zero attached hydrogens (tertiary/aromatic N) is 5. The number of morpholine rings is 1. The molecule has 1 fully saturated rings. The highest BCUT2D eigenvalue weighted by Crippen LogP contribution is 2.30. The number of anilines is 1. The summed E-state index contributed by atoms with van der Waals surface area (Å²) in [4.78, 5) is 19.5. The molecule has 1 N–H and O–H groups in total. The quantitative estimate of drug-likeness (QED) is 0.598. The van der Waals surface area contributed by atoms with Crippen molar-refractivity contribution in [1.82, 2.24) is 25.3 Å². The van der Waals surface area contributed by atoms with E-state index in [0.717, 1.165) is 6.20 Å². The molecule has 0 bridgehead atoms. The lowest BCUT2D eigenvalue weighted by molar-refractivity contribution is -0.141. The first-order valence-corrected chi connectivity index (χ1v) is 10.6. The van der Waals surface area contributed by atoms with Crippen molar-refractivity contribution in [1.29, 1.82) is 0 Å². The van der Waals surface area contributed by atoms with Crippen LogP contribution in [0, 0.1) is 6.92 Å². The number of aromatic nitrogens is 4. The van der Waals surface area contributed by atoms with Gasteiger partial charge in [0.1, 0.15) is 11.4 Å². The number of hydrogen-bond donors (Lipinski definition) is 1. The van der Waals surface area contributed by atoms with Crippen molar-refractivity contribution in [2.45, 2.75) is 39.2 Å². The van der Waals surface area contributed by atoms with E-state index in [9.17, 15) is 13.2 Å². The van der Waals surface area contributed by atoms with E-state index in [4.69, 9.17) is 14.5 Å². The second kappa shape index (κ2) is 9.44. The Kier molecular flexibility index (Phi) is 6.61. The number of rotatable bonds is 6. The molecule has 33 heavy (non-hydrogen) atoms. The van der Waals surface area contributed by atoms with E-state index in [2.05, 4.69) is 25.2 Å². The van der Waals surface area contributed by atoms with Crippen LogP contribution in [0.25, 0.3) is 11.0 Å². The van der Waals surface area contributed by atoms with Crippen LogP contribution in [0.4, 0.5) is 19.1 Å². The number of aryl methyl sites for hydroxylation is 1. The van der Waals surface area contributed by atoms with Crippen LogP contribution in [0.15, 0.2) is 24.4 Å². The van der Waals surface area contributed by atoms with E-state index >= 15 is 0 Å². The number of halogens is 3. The van der Waals surface area contributed by atoms with Crippen LogP contribution in [0.2, 0.25) is 0 Å². The second-order valence-electron chi connectivity index (χ2n) is 7.85. The summed E-state index contributed by atoms with van der Waals surface area (Å²) in [6.45, 7) is 5.81. The highest BCUT2D eigenvalue weighted by atomic mass is 19.4. The molecule has 3 aromatic heterocycles. The number of hydrogen-bond acceptors (Lipinski definition) is 8. The molecule has 1 aliphatic rings. The summed E-state index contributed by atoms with van der Waals surface area (Å²) in [6.07, 6.45) is -3.38. The van der Waals surface area contributed by atoms with Gasteiger partial charge >= 0.3 is 6.18 Å². The van der Waals surface area contributed by atoms with Gasteiger partial charge in [0.25, 0.3) is 0 Å². The molecule has 1 unspecified atom stereocenters. The lowest BCUT2D eigenvalue weighted by Crippen LogP contribution is -2.44. The molecule has 1 atom stereocenters. The maximum absolute atomic E-state index is 13.3. The lowest BCUT2D eigenvalue weighted by Gasteiger charge is -2.33. The fraction of sp³-hybridized carbons (Fsp3) is 0.455. The fourth-order valence-electron chi connectivity index (χ4n) is 3.82. The molecule has 11 heteroatoms. The number of pyridine rings is 2. The van der Waals surface area contributed by atoms with Crippen molar-refractivity contribution in [3.63, 3.8) is 0 Å². The van der Waals surface area contributed by atoms with Crippen LogP contribution in [0.3, 0.4) is 0 Å². The topological polar surface area (TPSA) is 85.3 Å². The summed E-state index contributed by atoms with van der Waals surface area (Å²) in [6, 6.07) is 4.80. The van der Waals surface area contributed by atoms with Gasteiger partial charge in [0, 0.05) is 31.2 Å². The molecule has 3 aromatic rings. The fourth-order valence-corrected chi connectivity index (χ4v) is 3.82. The van der Waals surface area contributed by atoms with Crippen LogP contribution in [0.5, 0.6) is 5.75 Å². The van der Waals surface area contributed by atoms with Gasteiger partial charge in [0.2, 0.25) is 5.95 Å². The van der Waals surface area contributed by atoms with Crippen LogP contribution >= 0.6 is 0 Å². The Morgan fingerprint density at radius 1 is 1.24 bits per heavy atom. The smallest absolute Gasteiger partial charge is 0.433 e. The summed E-state index contributed by atoms with van der Waals surface area (Å²) < 4.78 is 50.7. The third kappa shape index (κ3) is 4.98. The van der Waals surface area contributed by atoms with Gasteiger partial charge in [0.15, 0.2) is 5.65 Å². The molecule has 1 saturated heterocycles. The molecule has 4 heterocycles. The molecule has 0 amide bonds. The maximum Gasteiger partial charge on any atom is 0.433 e. The Hall–Kier alpha value is -3.05. The Bertz CT molecular complexity index is 1140. The van der Waals surface area contributed by atoms with Crippen molar-refractivity contribution < 1.29 is 22.6 Å². The predicted molar refractivity (Wildman–Crippen MR) is 116 cm³/mol. The van der Waals surface area contributed by atoms with Gasteiger partial charge in [0.05, 0.1) is 37.8 Å². The minimum absolute atomic E-state index is 0.0199. The molecular formula is C22H25F3N6O2. The van der Waals surface area contributed by atoms with Crippen molar-refractivity contribution >= 4 is 17.0 Å². The normalized spacial score (nSPS) is 16.9. The summed E-state index contributed by atoms with van der Waals surface area (Å²) in [5, 5.41) is 3.75. The molecule has 0 spiro atoms. The van der Waals surface area contributed by atoms with Gasteiger partial charge in [-0.3, -0.25) is 4.98 Å². The number of nitrogens with one attached hydrogen (secondary N) is 1. The van der Waals surface area contributed by atoms with E-state index in [1.54, 1.807) is 7.11 Å². The van der Waals surface area contributed by atoms with E-state index in [1.165, 1.54) is 12.1 Å². The highest BCUT2D eigenvalue weighted by molar-refractivity contribution is 5.80. The van der Waals surface area contributed by atoms with Crippen LogP contribution in [-0.2, 0) is 24.0 Å². The largest absolute Gasteiger partial charge is 0.495 e. The van der Waals surface area contributed by atoms with Gasteiger partial charge < -0.3 is 19.7 Å². The Morgan fingerprint density at radius 2 is 2.06 bits per heavy atom. The third-order valence-electron chi connectivity index (χ3n) is 5.51. The molecule has 1 aliphatic heterocycles. The first-order chi connectivity index (χ1) is 15.8. The van der Waals surface area contributed by atoms with Crippen LogP contribution in [0.1, 0.15) is 29.6 Å². The lowest BCUT2D eigenvalue weighted by atomic mass is 10.1. The van der Waals surface area contributed by atoms with Crippen molar-refractivity contribution in [3.8, 4) is 5.75 Å². The average molecular weight is 462 g/mol. The minimum Gasteiger partial charge on any atom is -0.495 e. The minimum atomic E-state index is -4.52. The van der Waals surface area contributed by atoms with Gasteiger partial charge in [-0.15, -0.1) is 0 Å². The Morgan fingerprint density at radius 3 is 2.79 bits per heavy atom. The zero-order chi connectivity index (χ0) is 23.6. The third-order valence-corrected chi connectivity index (χ3v) is 5.51. The standard InChI is InChI=1S/C22H25F3N6O2/c1-13-12-33-8-7-31(13)21-29-17(16-9-18(32-3)14(2)28-20(16)30-21)11-26-10-15-5-4-6-27-19(15)22(23,24)25/h4-6,9,13,26H,7-8,10-12H2,1-3H3. The summed E-state index contributed by atoms with van der Waals surface area (Å²) in [5.74, 6) is 1.11. The number of alkyl halides is 3. The van der Waals surface area contributed by atoms with Gasteiger partial charge in [-0.1, -0.05) is 6.07 Å². The molecule has 0 aliphatic carbocycles. The zero-order valence-corrected chi connectivity index (χ0v) is 18.6. The predicted octanol–water partition coefficient (Wildman–Crippen LogP) is 3.27. The highest BCUT2D eigenvalue weighted by Gasteiger charge is 2.34. The molecule has 8 nitrogen and oxygen atoms in total.